The average molecular weight is 872 g/mol. The third-order valence-electron chi connectivity index (χ3n) is 13.2. The zero-order valence-corrected chi connectivity index (χ0v) is 37.0. The largest absolute Gasteiger partial charge is 0.467 e. The van der Waals surface area contributed by atoms with E-state index in [-0.39, 0.29) is 0 Å². The highest BCUT2D eigenvalue weighted by Crippen LogP contribution is 2.55. The number of benzene rings is 9. The lowest BCUT2D eigenvalue weighted by molar-refractivity contribution is 0.604. The van der Waals surface area contributed by atoms with Crippen LogP contribution in [0.15, 0.2) is 264 Å². The lowest BCUT2D eigenvalue weighted by Crippen LogP contribution is -2.60. The van der Waals surface area contributed by atoms with Gasteiger partial charge in [0.05, 0.1) is 28.2 Å². The second kappa shape index (κ2) is 16.5. The normalized spacial score (nSPS) is 12.3. The Morgan fingerprint density at radius 3 is 0.985 bits per heavy atom. The lowest BCUT2D eigenvalue weighted by Gasteiger charge is -2.42. The molecule has 0 bridgehead atoms. The maximum absolute atomic E-state index is 7.62. The molecular weight excluding hydrogens is 830 g/mol. The number of hydrogen-bond acceptors (Lipinski definition) is 5. The van der Waals surface area contributed by atoms with Crippen molar-refractivity contribution >= 4 is 74.7 Å². The molecule has 5 nitrogen and oxygen atoms in total. The van der Waals surface area contributed by atoms with Crippen molar-refractivity contribution in [1.29, 1.82) is 0 Å². The molecule has 11 aromatic rings. The van der Waals surface area contributed by atoms with E-state index in [2.05, 4.69) is 269 Å². The SMILES string of the molecule is c1ccc(-c2oc3c(c2-c2ccccc2)N(c2ccccc2)c2cc(N(c4ccccc4)c4ccccc4)cc4c2B3c2oc(-c3ccccc3)c(-c3ccccc3)c2N4c2ccccc2)cc1. The van der Waals surface area contributed by atoms with Gasteiger partial charge in [0, 0.05) is 45.3 Å². The van der Waals surface area contributed by atoms with Gasteiger partial charge in [-0.3, -0.25) is 0 Å². The van der Waals surface area contributed by atoms with Crippen molar-refractivity contribution in [1.82, 2.24) is 0 Å². The number of nitrogens with zero attached hydrogens (tertiary/aromatic N) is 3. The number of hydrogen-bond donors (Lipinski definition) is 0. The molecule has 0 atom stereocenters. The molecule has 0 saturated heterocycles. The molecule has 0 N–H and O–H groups in total. The minimum Gasteiger partial charge on any atom is -0.467 e. The predicted molar refractivity (Wildman–Crippen MR) is 281 cm³/mol. The molecule has 0 saturated carbocycles. The molecule has 0 fully saturated rings. The number of rotatable bonds is 9. The predicted octanol–water partition coefficient (Wildman–Crippen LogP) is 15.1. The summed E-state index contributed by atoms with van der Waals surface area (Å²) in [5.41, 5.74) is 18.0. The summed E-state index contributed by atoms with van der Waals surface area (Å²) in [5.74, 6) is 1.61. The molecule has 9 aromatic carbocycles. The van der Waals surface area contributed by atoms with E-state index in [9.17, 15) is 0 Å². The van der Waals surface area contributed by atoms with Crippen LogP contribution in [-0.4, -0.2) is 6.71 Å². The molecule has 2 aliphatic heterocycles. The van der Waals surface area contributed by atoms with Crippen LogP contribution in [0, 0.1) is 0 Å². The Labute approximate surface area is 396 Å². The highest BCUT2D eigenvalue weighted by atomic mass is 16.4. The van der Waals surface area contributed by atoms with Crippen LogP contribution in [0.5, 0.6) is 0 Å². The van der Waals surface area contributed by atoms with Crippen LogP contribution >= 0.6 is 0 Å². The summed E-state index contributed by atoms with van der Waals surface area (Å²) in [5, 5.41) is 0. The van der Waals surface area contributed by atoms with Crippen LogP contribution in [0.3, 0.4) is 0 Å². The van der Waals surface area contributed by atoms with E-state index in [0.717, 1.165) is 113 Å². The molecule has 0 radical (unpaired) electrons. The summed E-state index contributed by atoms with van der Waals surface area (Å²) in [6.07, 6.45) is 0. The van der Waals surface area contributed by atoms with Crippen LogP contribution in [0.4, 0.5) is 51.2 Å². The van der Waals surface area contributed by atoms with Crippen molar-refractivity contribution in [3.63, 3.8) is 0 Å². The second-order valence-electron chi connectivity index (χ2n) is 17.2. The minimum atomic E-state index is -0.458. The Morgan fingerprint density at radius 2 is 0.632 bits per heavy atom. The maximum atomic E-state index is 7.62. The Kier molecular flexibility index (Phi) is 9.53. The first-order valence-corrected chi connectivity index (χ1v) is 23.1. The second-order valence-corrected chi connectivity index (χ2v) is 17.2. The minimum absolute atomic E-state index is 0.458. The van der Waals surface area contributed by atoms with Gasteiger partial charge in [-0.1, -0.05) is 194 Å². The molecule has 2 aromatic heterocycles. The van der Waals surface area contributed by atoms with Gasteiger partial charge in [0.25, 0.3) is 0 Å². The van der Waals surface area contributed by atoms with Gasteiger partial charge < -0.3 is 23.5 Å². The number of furan rings is 2. The van der Waals surface area contributed by atoms with Gasteiger partial charge in [-0.25, -0.2) is 0 Å². The van der Waals surface area contributed by atoms with Gasteiger partial charge in [0.15, 0.2) is 0 Å². The standard InChI is InChI=1S/C62H42BN3O2/c1-9-25-43(26-10-1)54-57-61(67-59(54)45-29-13-3-14-30-45)63-56-52(65(57)49-37-21-7-22-38-49)41-51(64(47-33-17-5-18-34-47)48-35-19-6-20-36-48)42-53(56)66(50-39-23-8-24-40-50)58-55(44-27-11-2-12-28-44)60(68-62(58)63)46-31-15-4-16-32-46/h1-42H. The van der Waals surface area contributed by atoms with Crippen LogP contribution in [0.1, 0.15) is 0 Å². The van der Waals surface area contributed by atoms with Crippen LogP contribution < -0.4 is 31.5 Å². The van der Waals surface area contributed by atoms with E-state index >= 15 is 0 Å². The summed E-state index contributed by atoms with van der Waals surface area (Å²) in [4.78, 5) is 7.25. The van der Waals surface area contributed by atoms with Gasteiger partial charge in [-0.2, -0.15) is 0 Å². The van der Waals surface area contributed by atoms with Crippen LogP contribution in [0.25, 0.3) is 44.9 Å². The number of para-hydroxylation sites is 4. The molecule has 6 heteroatoms. The topological polar surface area (TPSA) is 36.0 Å². The Bertz CT molecular complexity index is 3320. The summed E-state index contributed by atoms with van der Waals surface area (Å²) < 4.78 is 15.2. The van der Waals surface area contributed by atoms with Gasteiger partial charge in [-0.05, 0) is 77.3 Å². The first-order valence-electron chi connectivity index (χ1n) is 23.1. The fourth-order valence-corrected chi connectivity index (χ4v) is 10.4. The molecule has 68 heavy (non-hydrogen) atoms. The van der Waals surface area contributed by atoms with E-state index in [0.29, 0.717) is 0 Å². The van der Waals surface area contributed by atoms with E-state index in [1.807, 2.05) is 0 Å². The fourth-order valence-electron chi connectivity index (χ4n) is 10.4. The Balaban J connectivity index is 1.23. The van der Waals surface area contributed by atoms with Crippen molar-refractivity contribution in [3.05, 3.63) is 255 Å². The zero-order chi connectivity index (χ0) is 45.0. The van der Waals surface area contributed by atoms with Gasteiger partial charge in [0.1, 0.15) is 22.8 Å². The van der Waals surface area contributed by atoms with Gasteiger partial charge in [0.2, 0.25) is 0 Å². The first-order chi connectivity index (χ1) is 33.8. The summed E-state index contributed by atoms with van der Waals surface area (Å²) >= 11 is 0. The molecule has 13 rings (SSSR count). The van der Waals surface area contributed by atoms with E-state index in [1.54, 1.807) is 0 Å². The van der Waals surface area contributed by atoms with Gasteiger partial charge in [-0.15, -0.1) is 0 Å². The van der Waals surface area contributed by atoms with E-state index in [4.69, 9.17) is 8.83 Å². The summed E-state index contributed by atoms with van der Waals surface area (Å²) in [6, 6.07) is 90.0. The van der Waals surface area contributed by atoms with Crippen LogP contribution in [0.2, 0.25) is 0 Å². The van der Waals surface area contributed by atoms with Crippen molar-refractivity contribution in [2.45, 2.75) is 0 Å². The van der Waals surface area contributed by atoms with E-state index < -0.39 is 6.71 Å². The smallest absolute Gasteiger partial charge is 0.342 e. The molecule has 0 spiro atoms. The van der Waals surface area contributed by atoms with Crippen molar-refractivity contribution in [3.8, 4) is 44.9 Å². The third kappa shape index (κ3) is 6.41. The molecule has 0 amide bonds. The number of fused-ring (bicyclic) bond motifs is 4. The molecular formula is C62H42BN3O2. The zero-order valence-electron chi connectivity index (χ0n) is 37.0. The third-order valence-corrected chi connectivity index (χ3v) is 13.2. The Hall–Kier alpha value is -9.00. The molecule has 0 aliphatic carbocycles. The van der Waals surface area contributed by atoms with Crippen molar-refractivity contribution in [2.75, 3.05) is 14.7 Å². The molecule has 2 aliphatic rings. The molecule has 0 unspecified atom stereocenters. The van der Waals surface area contributed by atoms with E-state index in [1.165, 1.54) is 0 Å². The molecule has 4 heterocycles. The fraction of sp³-hybridized carbons (Fsp3) is 0. The lowest BCUT2D eigenvalue weighted by atomic mass is 9.37. The van der Waals surface area contributed by atoms with Crippen molar-refractivity contribution < 1.29 is 8.83 Å². The van der Waals surface area contributed by atoms with Gasteiger partial charge >= 0.3 is 6.71 Å². The quantitative estimate of drug-likeness (QED) is 0.135. The highest BCUT2D eigenvalue weighted by Gasteiger charge is 2.52. The summed E-state index contributed by atoms with van der Waals surface area (Å²) in [6.45, 7) is -0.458. The maximum Gasteiger partial charge on any atom is 0.342 e. The van der Waals surface area contributed by atoms with Crippen molar-refractivity contribution in [2.24, 2.45) is 0 Å². The molecule has 320 valence electrons. The average Bonchev–Trinajstić information content (AvgIpc) is 4.01. The first kappa shape index (κ1) is 39.4. The highest BCUT2D eigenvalue weighted by molar-refractivity contribution is 6.99. The summed E-state index contributed by atoms with van der Waals surface area (Å²) in [7, 11) is 0. The number of anilines is 9. The Morgan fingerprint density at radius 1 is 0.324 bits per heavy atom. The van der Waals surface area contributed by atoms with Crippen LogP contribution in [-0.2, 0) is 0 Å². The monoisotopic (exact) mass is 871 g/mol.